The lowest BCUT2D eigenvalue weighted by Gasteiger charge is -2.27. The molecule has 2 aromatic rings. The predicted octanol–water partition coefficient (Wildman–Crippen LogP) is 1.44. The van der Waals surface area contributed by atoms with E-state index in [1.165, 1.54) is 16.4 Å². The van der Waals surface area contributed by atoms with E-state index in [1.807, 2.05) is 4.57 Å². The summed E-state index contributed by atoms with van der Waals surface area (Å²) in [6.07, 6.45) is 3.40. The molecule has 7 nitrogen and oxygen atoms in total. The van der Waals surface area contributed by atoms with Gasteiger partial charge in [-0.2, -0.15) is 4.31 Å². The number of halogens is 1. The number of sulfonamides is 1. The summed E-state index contributed by atoms with van der Waals surface area (Å²) in [6, 6.07) is 3.64. The Hall–Kier alpha value is -1.90. The third-order valence-electron chi connectivity index (χ3n) is 3.51. The van der Waals surface area contributed by atoms with Gasteiger partial charge in [0.05, 0.1) is 17.1 Å². The van der Waals surface area contributed by atoms with E-state index in [-0.39, 0.29) is 28.6 Å². The van der Waals surface area contributed by atoms with E-state index in [0.29, 0.717) is 12.4 Å². The molecule has 1 aromatic heterocycles. The Morgan fingerprint density at radius 2 is 2.09 bits per heavy atom. The summed E-state index contributed by atoms with van der Waals surface area (Å²) in [5, 5.41) is 9.01. The van der Waals surface area contributed by atoms with Crippen molar-refractivity contribution in [1.82, 2.24) is 13.9 Å². The highest BCUT2D eigenvalue weighted by Crippen LogP contribution is 2.28. The first kappa shape index (κ1) is 15.0. The van der Waals surface area contributed by atoms with Crippen molar-refractivity contribution in [3.8, 4) is 0 Å². The molecule has 116 valence electrons. The monoisotopic (exact) mass is 341 g/mol. The Balaban J connectivity index is 2.00. The average molecular weight is 342 g/mol. The summed E-state index contributed by atoms with van der Waals surface area (Å²) in [5.74, 6) is -0.567. The summed E-state index contributed by atoms with van der Waals surface area (Å²) in [6.45, 7) is 0.896. The maximum absolute atomic E-state index is 12.7. The fourth-order valence-corrected chi connectivity index (χ4v) is 4.22. The van der Waals surface area contributed by atoms with Crippen LogP contribution in [0.15, 0.2) is 35.5 Å². The third kappa shape index (κ3) is 2.49. The minimum Gasteiger partial charge on any atom is -0.478 e. The summed E-state index contributed by atoms with van der Waals surface area (Å²) < 4.78 is 28.6. The molecular formula is C13H12ClN3O4S. The Labute approximate surface area is 131 Å². The van der Waals surface area contributed by atoms with E-state index in [4.69, 9.17) is 16.7 Å². The zero-order valence-electron chi connectivity index (χ0n) is 11.3. The molecule has 9 heteroatoms. The maximum Gasteiger partial charge on any atom is 0.335 e. The van der Waals surface area contributed by atoms with Gasteiger partial charge in [-0.05, 0) is 18.2 Å². The minimum atomic E-state index is -3.88. The topological polar surface area (TPSA) is 92.5 Å². The number of fused-ring (bicyclic) bond motifs is 1. The number of carbonyl (C=O) groups is 1. The van der Waals surface area contributed by atoms with Crippen molar-refractivity contribution >= 4 is 27.6 Å². The maximum atomic E-state index is 12.7. The van der Waals surface area contributed by atoms with Gasteiger partial charge in [0.25, 0.3) is 0 Å². The van der Waals surface area contributed by atoms with Crippen LogP contribution in [0.1, 0.15) is 16.2 Å². The van der Waals surface area contributed by atoms with Gasteiger partial charge in [0, 0.05) is 25.5 Å². The third-order valence-corrected chi connectivity index (χ3v) is 5.83. The SMILES string of the molecule is O=C(O)c1ccc(Cl)c(S(=O)(=O)N2CCn3ccnc3C2)c1. The molecule has 0 aliphatic carbocycles. The van der Waals surface area contributed by atoms with Crippen molar-refractivity contribution in [1.29, 1.82) is 0 Å². The lowest BCUT2D eigenvalue weighted by molar-refractivity contribution is 0.0696. The van der Waals surface area contributed by atoms with Crippen LogP contribution in [-0.2, 0) is 23.1 Å². The highest BCUT2D eigenvalue weighted by molar-refractivity contribution is 7.89. The van der Waals surface area contributed by atoms with Gasteiger partial charge in [0.15, 0.2) is 0 Å². The molecule has 3 rings (SSSR count). The fourth-order valence-electron chi connectivity index (χ4n) is 2.33. The van der Waals surface area contributed by atoms with Crippen LogP contribution < -0.4 is 0 Å². The van der Waals surface area contributed by atoms with E-state index >= 15 is 0 Å². The molecule has 1 aromatic carbocycles. The molecule has 22 heavy (non-hydrogen) atoms. The molecule has 2 heterocycles. The van der Waals surface area contributed by atoms with Crippen LogP contribution in [0.4, 0.5) is 0 Å². The molecule has 0 saturated carbocycles. The summed E-state index contributed by atoms with van der Waals surface area (Å²) in [7, 11) is -3.88. The molecule has 1 aliphatic rings. The largest absolute Gasteiger partial charge is 0.478 e. The molecule has 0 saturated heterocycles. The molecule has 0 unspecified atom stereocenters. The van der Waals surface area contributed by atoms with Crippen LogP contribution in [0.25, 0.3) is 0 Å². The van der Waals surface area contributed by atoms with Crippen LogP contribution >= 0.6 is 11.6 Å². The van der Waals surface area contributed by atoms with E-state index in [2.05, 4.69) is 4.98 Å². The van der Waals surface area contributed by atoms with Crippen molar-refractivity contribution in [2.24, 2.45) is 0 Å². The van der Waals surface area contributed by atoms with Gasteiger partial charge < -0.3 is 9.67 Å². The van der Waals surface area contributed by atoms with E-state index < -0.39 is 16.0 Å². The average Bonchev–Trinajstić information content (AvgIpc) is 2.94. The van der Waals surface area contributed by atoms with Gasteiger partial charge in [-0.15, -0.1) is 0 Å². The van der Waals surface area contributed by atoms with E-state index in [1.54, 1.807) is 12.4 Å². The highest BCUT2D eigenvalue weighted by Gasteiger charge is 2.31. The van der Waals surface area contributed by atoms with E-state index in [0.717, 1.165) is 6.07 Å². The highest BCUT2D eigenvalue weighted by atomic mass is 35.5. The Morgan fingerprint density at radius 3 is 2.82 bits per heavy atom. The number of hydrogen-bond donors (Lipinski definition) is 1. The predicted molar refractivity (Wildman–Crippen MR) is 78.2 cm³/mol. The van der Waals surface area contributed by atoms with Crippen LogP contribution in [0.3, 0.4) is 0 Å². The van der Waals surface area contributed by atoms with Gasteiger partial charge in [0.2, 0.25) is 10.0 Å². The zero-order valence-corrected chi connectivity index (χ0v) is 12.9. The second-order valence-corrected chi connectivity index (χ2v) is 7.14. The van der Waals surface area contributed by atoms with Crippen LogP contribution in [0.5, 0.6) is 0 Å². The first-order valence-electron chi connectivity index (χ1n) is 6.42. The van der Waals surface area contributed by atoms with Crippen molar-refractivity contribution in [2.75, 3.05) is 6.54 Å². The van der Waals surface area contributed by atoms with Crippen LogP contribution in [-0.4, -0.2) is 39.9 Å². The Bertz CT molecular complexity index is 847. The smallest absolute Gasteiger partial charge is 0.335 e. The summed E-state index contributed by atoms with van der Waals surface area (Å²) in [4.78, 5) is 14.9. The van der Waals surface area contributed by atoms with Crippen molar-refractivity contribution in [3.63, 3.8) is 0 Å². The second-order valence-electron chi connectivity index (χ2n) is 4.83. The standard InChI is InChI=1S/C13H12ClN3O4S/c14-10-2-1-9(13(18)19)7-11(10)22(20,21)17-6-5-16-4-3-15-12(16)8-17/h1-4,7H,5-6,8H2,(H,18,19). The van der Waals surface area contributed by atoms with E-state index in [9.17, 15) is 13.2 Å². The molecule has 0 atom stereocenters. The number of rotatable bonds is 3. The molecule has 0 radical (unpaired) electrons. The van der Waals surface area contributed by atoms with Crippen LogP contribution in [0, 0.1) is 0 Å². The molecule has 0 fully saturated rings. The normalized spacial score (nSPS) is 15.5. The minimum absolute atomic E-state index is 0.00100. The van der Waals surface area contributed by atoms with Gasteiger partial charge in [-0.3, -0.25) is 0 Å². The molecule has 0 bridgehead atoms. The lowest BCUT2D eigenvalue weighted by Crippen LogP contribution is -2.38. The molecule has 0 amide bonds. The lowest BCUT2D eigenvalue weighted by atomic mass is 10.2. The Morgan fingerprint density at radius 1 is 1.32 bits per heavy atom. The number of carboxylic acid groups (broad SMARTS) is 1. The fraction of sp³-hybridized carbons (Fsp3) is 0.231. The second kappa shape index (κ2) is 5.38. The molecular weight excluding hydrogens is 330 g/mol. The number of carboxylic acids is 1. The molecule has 1 aliphatic heterocycles. The van der Waals surface area contributed by atoms with Gasteiger partial charge in [-0.25, -0.2) is 18.2 Å². The van der Waals surface area contributed by atoms with Gasteiger partial charge in [-0.1, -0.05) is 11.6 Å². The van der Waals surface area contributed by atoms with Crippen LogP contribution in [0.2, 0.25) is 5.02 Å². The summed E-state index contributed by atoms with van der Waals surface area (Å²) >= 11 is 5.96. The zero-order chi connectivity index (χ0) is 15.9. The van der Waals surface area contributed by atoms with Crippen molar-refractivity contribution in [3.05, 3.63) is 47.0 Å². The Kier molecular flexibility index (Phi) is 3.67. The van der Waals surface area contributed by atoms with Crippen molar-refractivity contribution in [2.45, 2.75) is 18.0 Å². The number of nitrogens with zero attached hydrogens (tertiary/aromatic N) is 3. The van der Waals surface area contributed by atoms with Gasteiger partial charge in [0.1, 0.15) is 10.7 Å². The number of aromatic carboxylic acids is 1. The number of hydrogen-bond acceptors (Lipinski definition) is 4. The molecule has 1 N–H and O–H groups in total. The quantitative estimate of drug-likeness (QED) is 0.911. The summed E-state index contributed by atoms with van der Waals surface area (Å²) in [5.41, 5.74) is -0.124. The molecule has 0 spiro atoms. The first-order valence-corrected chi connectivity index (χ1v) is 8.24. The number of imidazole rings is 1. The first-order chi connectivity index (χ1) is 10.4. The number of aromatic nitrogens is 2. The van der Waals surface area contributed by atoms with Crippen molar-refractivity contribution < 1.29 is 18.3 Å². The van der Waals surface area contributed by atoms with Gasteiger partial charge >= 0.3 is 5.97 Å². The number of benzene rings is 1.